The first-order valence-corrected chi connectivity index (χ1v) is 15.1. The minimum atomic E-state index is -0.187. The molecule has 2 aromatic carbocycles. The van der Waals surface area contributed by atoms with Crippen molar-refractivity contribution in [2.24, 2.45) is 0 Å². The SMILES string of the molecule is C/C=C\C(C)Oc1ccc(-n2ncc(C(=O)c3cc4cc(N5CCOCC5)c(N5CCCS5)cc4[nH]3)c2N)c(C)c1. The molecule has 0 radical (unpaired) electrons. The van der Waals surface area contributed by atoms with E-state index in [9.17, 15) is 4.79 Å². The highest BCUT2D eigenvalue weighted by atomic mass is 32.2. The summed E-state index contributed by atoms with van der Waals surface area (Å²) in [4.78, 5) is 19.4. The number of ketones is 1. The van der Waals surface area contributed by atoms with Gasteiger partial charge in [0.05, 0.1) is 47.7 Å². The molecule has 2 saturated heterocycles. The van der Waals surface area contributed by atoms with E-state index in [-0.39, 0.29) is 11.9 Å². The monoisotopic (exact) mass is 572 g/mol. The number of ether oxygens (including phenoxy) is 2. The molecule has 2 aromatic heterocycles. The third-order valence-corrected chi connectivity index (χ3v) is 8.73. The van der Waals surface area contributed by atoms with Crippen molar-refractivity contribution in [3.05, 3.63) is 71.6 Å². The largest absolute Gasteiger partial charge is 0.487 e. The molecule has 9 nitrogen and oxygen atoms in total. The molecule has 0 bridgehead atoms. The van der Waals surface area contributed by atoms with Gasteiger partial charge in [-0.1, -0.05) is 6.08 Å². The Hall–Kier alpha value is -3.89. The Bertz CT molecular complexity index is 1600. The van der Waals surface area contributed by atoms with Crippen LogP contribution in [-0.4, -0.2) is 65.3 Å². The van der Waals surface area contributed by atoms with E-state index in [0.29, 0.717) is 17.1 Å². The third kappa shape index (κ3) is 5.41. The summed E-state index contributed by atoms with van der Waals surface area (Å²) in [6.45, 7) is 10.1. The summed E-state index contributed by atoms with van der Waals surface area (Å²) in [5, 5.41) is 5.48. The van der Waals surface area contributed by atoms with Crippen LogP contribution >= 0.6 is 11.9 Å². The van der Waals surface area contributed by atoms with E-state index < -0.39 is 0 Å². The third-order valence-electron chi connectivity index (χ3n) is 7.57. The van der Waals surface area contributed by atoms with E-state index >= 15 is 0 Å². The maximum absolute atomic E-state index is 13.7. The van der Waals surface area contributed by atoms with Crippen LogP contribution in [0, 0.1) is 6.92 Å². The van der Waals surface area contributed by atoms with Gasteiger partial charge in [0.2, 0.25) is 5.78 Å². The number of hydrogen-bond acceptors (Lipinski definition) is 8. The number of anilines is 3. The predicted molar refractivity (Wildman–Crippen MR) is 167 cm³/mol. The van der Waals surface area contributed by atoms with Crippen molar-refractivity contribution >= 4 is 45.8 Å². The molecule has 10 heteroatoms. The molecule has 2 fully saturated rings. The Kier molecular flexibility index (Phi) is 7.68. The van der Waals surface area contributed by atoms with E-state index in [1.807, 2.05) is 69.1 Å². The number of nitrogens with one attached hydrogen (secondary N) is 1. The molecule has 4 heterocycles. The highest BCUT2D eigenvalue weighted by Crippen LogP contribution is 2.40. The first-order chi connectivity index (χ1) is 19.9. The lowest BCUT2D eigenvalue weighted by atomic mass is 10.1. The van der Waals surface area contributed by atoms with Crippen LogP contribution in [0.15, 0.2) is 54.7 Å². The van der Waals surface area contributed by atoms with Crippen molar-refractivity contribution in [1.29, 1.82) is 0 Å². The fraction of sp³-hybridized carbons (Fsp3) is 0.355. The lowest BCUT2D eigenvalue weighted by Crippen LogP contribution is -2.37. The zero-order valence-electron chi connectivity index (χ0n) is 23.7. The van der Waals surface area contributed by atoms with Gasteiger partial charge in [-0.2, -0.15) is 5.10 Å². The standard InChI is InChI=1S/C31H36N6O3S/c1-4-6-21(3)40-23-7-8-27(20(2)15-23)37-31(32)24(19-33-37)30(38)26-16-22-17-28(35-10-12-39-13-11-35)29(18-25(22)34-26)36-9-5-14-41-36/h4,6-8,15-19,21,34H,5,9-14,32H2,1-3H3/b6-4-. The average Bonchev–Trinajstić information content (AvgIpc) is 3.73. The second-order valence-electron chi connectivity index (χ2n) is 10.5. The molecule has 0 aliphatic carbocycles. The van der Waals surface area contributed by atoms with Gasteiger partial charge in [-0.15, -0.1) is 0 Å². The highest BCUT2D eigenvalue weighted by Gasteiger charge is 2.25. The van der Waals surface area contributed by atoms with Gasteiger partial charge < -0.3 is 29.4 Å². The molecule has 0 amide bonds. The van der Waals surface area contributed by atoms with Crippen molar-refractivity contribution in [1.82, 2.24) is 14.8 Å². The number of hydrogen-bond donors (Lipinski definition) is 2. The summed E-state index contributed by atoms with van der Waals surface area (Å²) >= 11 is 1.86. The maximum atomic E-state index is 13.7. The van der Waals surface area contributed by atoms with Gasteiger partial charge in [0, 0.05) is 36.3 Å². The van der Waals surface area contributed by atoms with Crippen LogP contribution in [0.25, 0.3) is 16.6 Å². The van der Waals surface area contributed by atoms with Crippen LogP contribution in [0.4, 0.5) is 17.2 Å². The van der Waals surface area contributed by atoms with E-state index in [2.05, 4.69) is 31.4 Å². The van der Waals surface area contributed by atoms with Crippen LogP contribution in [0.2, 0.25) is 0 Å². The fourth-order valence-electron chi connectivity index (χ4n) is 5.51. The lowest BCUT2D eigenvalue weighted by molar-refractivity contribution is 0.103. The smallest absolute Gasteiger partial charge is 0.214 e. The summed E-state index contributed by atoms with van der Waals surface area (Å²) < 4.78 is 15.5. The molecule has 41 heavy (non-hydrogen) atoms. The number of nitrogen functional groups attached to an aromatic ring is 1. The van der Waals surface area contributed by atoms with E-state index in [1.165, 1.54) is 11.4 Å². The molecule has 0 saturated carbocycles. The van der Waals surface area contributed by atoms with Gasteiger partial charge in [-0.05, 0) is 87.2 Å². The zero-order chi connectivity index (χ0) is 28.5. The molecule has 2 aliphatic heterocycles. The number of morpholine rings is 1. The maximum Gasteiger partial charge on any atom is 0.214 e. The molecular formula is C31H36N6O3S. The Labute approximate surface area is 244 Å². The van der Waals surface area contributed by atoms with Gasteiger partial charge in [0.15, 0.2) is 0 Å². The van der Waals surface area contributed by atoms with Crippen LogP contribution < -0.4 is 19.7 Å². The zero-order valence-corrected chi connectivity index (χ0v) is 24.5. The second-order valence-corrected chi connectivity index (χ2v) is 11.6. The molecule has 1 unspecified atom stereocenters. The number of fused-ring (bicyclic) bond motifs is 1. The van der Waals surface area contributed by atoms with Crippen LogP contribution in [0.3, 0.4) is 0 Å². The van der Waals surface area contributed by atoms with Crippen molar-refractivity contribution in [3.63, 3.8) is 0 Å². The minimum Gasteiger partial charge on any atom is -0.487 e. The van der Waals surface area contributed by atoms with Crippen molar-refractivity contribution < 1.29 is 14.3 Å². The number of H-pyrrole nitrogens is 1. The Balaban J connectivity index is 1.30. The van der Waals surface area contributed by atoms with E-state index in [4.69, 9.17) is 15.2 Å². The first-order valence-electron chi connectivity index (χ1n) is 14.1. The summed E-state index contributed by atoms with van der Waals surface area (Å²) in [5.41, 5.74) is 12.4. The molecule has 2 aliphatic rings. The number of aromatic nitrogens is 3. The number of nitrogens with two attached hydrogens (primary N) is 1. The topological polar surface area (TPSA) is 102 Å². The molecule has 4 aromatic rings. The molecular weight excluding hydrogens is 536 g/mol. The number of carbonyl (C=O) groups is 1. The first kappa shape index (κ1) is 27.3. The quantitative estimate of drug-likeness (QED) is 0.162. The highest BCUT2D eigenvalue weighted by molar-refractivity contribution is 8.00. The van der Waals surface area contributed by atoms with E-state index in [1.54, 1.807) is 10.9 Å². The van der Waals surface area contributed by atoms with Gasteiger partial charge in [-0.25, -0.2) is 4.68 Å². The van der Waals surface area contributed by atoms with Crippen molar-refractivity contribution in [2.75, 3.05) is 53.5 Å². The fourth-order valence-corrected chi connectivity index (χ4v) is 6.53. The van der Waals surface area contributed by atoms with Crippen LogP contribution in [-0.2, 0) is 4.74 Å². The molecule has 6 rings (SSSR count). The van der Waals surface area contributed by atoms with E-state index in [0.717, 1.165) is 72.9 Å². The Morgan fingerprint density at radius 1 is 1.15 bits per heavy atom. The molecule has 1 atom stereocenters. The predicted octanol–water partition coefficient (Wildman–Crippen LogP) is 5.51. The van der Waals surface area contributed by atoms with Crippen molar-refractivity contribution in [2.45, 2.75) is 33.3 Å². The number of rotatable bonds is 8. The Morgan fingerprint density at radius 3 is 2.71 bits per heavy atom. The van der Waals surface area contributed by atoms with Crippen molar-refractivity contribution in [3.8, 4) is 11.4 Å². The summed E-state index contributed by atoms with van der Waals surface area (Å²) in [6, 6.07) is 12.1. The molecule has 0 spiro atoms. The van der Waals surface area contributed by atoms with Crippen LogP contribution in [0.5, 0.6) is 5.75 Å². The normalized spacial score (nSPS) is 16.7. The molecule has 214 valence electrons. The number of carbonyl (C=O) groups excluding carboxylic acids is 1. The molecule has 3 N–H and O–H groups in total. The number of aromatic amines is 1. The summed E-state index contributed by atoms with van der Waals surface area (Å²) in [7, 11) is 0. The Morgan fingerprint density at radius 2 is 1.98 bits per heavy atom. The average molecular weight is 573 g/mol. The number of nitrogens with zero attached hydrogens (tertiary/aromatic N) is 4. The number of aryl methyl sites for hydroxylation is 1. The second kappa shape index (κ2) is 11.5. The number of benzene rings is 2. The van der Waals surface area contributed by atoms with Gasteiger partial charge in [0.1, 0.15) is 17.7 Å². The lowest BCUT2D eigenvalue weighted by Gasteiger charge is -2.32. The minimum absolute atomic E-state index is 0.0318. The number of allylic oxidation sites excluding steroid dienone is 1. The summed E-state index contributed by atoms with van der Waals surface area (Å²) in [5.74, 6) is 1.99. The van der Waals surface area contributed by atoms with Gasteiger partial charge >= 0.3 is 0 Å². The van der Waals surface area contributed by atoms with Crippen LogP contribution in [0.1, 0.15) is 41.9 Å². The van der Waals surface area contributed by atoms with Gasteiger partial charge in [-0.3, -0.25) is 4.79 Å². The summed E-state index contributed by atoms with van der Waals surface area (Å²) in [6.07, 6.45) is 6.64. The van der Waals surface area contributed by atoms with Gasteiger partial charge in [0.25, 0.3) is 0 Å².